The first-order valence-corrected chi connectivity index (χ1v) is 6.36. The number of carbonyl (C=O) groups excluding carboxylic acids is 3. The van der Waals surface area contributed by atoms with E-state index in [4.69, 9.17) is 22.4 Å². The number of rotatable bonds is 5. The molecular weight excluding hydrogens is 298 g/mol. The lowest BCUT2D eigenvalue weighted by Gasteiger charge is -2.13. The third kappa shape index (κ3) is 3.04. The second kappa shape index (κ2) is 5.94. The summed E-state index contributed by atoms with van der Waals surface area (Å²) in [6.45, 7) is -0.377. The Bertz CT molecular complexity index is 657. The second-order valence-electron chi connectivity index (χ2n) is 4.26. The molecule has 0 aromatic heterocycles. The number of aliphatic hydroxyl groups excluding tert-OH is 1. The van der Waals surface area contributed by atoms with Gasteiger partial charge in [0, 0.05) is 11.8 Å². The quantitative estimate of drug-likeness (QED) is 0.668. The van der Waals surface area contributed by atoms with Crippen molar-refractivity contribution < 1.29 is 19.5 Å². The number of nitrogens with one attached hydrogen (secondary N) is 1. The van der Waals surface area contributed by atoms with Crippen molar-refractivity contribution in [1.82, 2.24) is 4.90 Å². The van der Waals surface area contributed by atoms with Crippen LogP contribution in [-0.2, 0) is 9.59 Å². The molecule has 1 aromatic rings. The summed E-state index contributed by atoms with van der Waals surface area (Å²) in [6, 6.07) is 4.36. The molecule has 0 aliphatic carbocycles. The molecule has 0 atom stereocenters. The van der Waals surface area contributed by atoms with Crippen LogP contribution < -0.4 is 11.1 Å². The normalized spacial score (nSPS) is 14.4. The minimum atomic E-state index is -0.660. The Labute approximate surface area is 125 Å². The van der Waals surface area contributed by atoms with Crippen LogP contribution in [-0.4, -0.2) is 40.9 Å². The van der Waals surface area contributed by atoms with E-state index in [0.29, 0.717) is 5.69 Å². The lowest BCUT2D eigenvalue weighted by Crippen LogP contribution is -2.34. The molecule has 8 heteroatoms. The number of aliphatic hydroxyl groups is 1. The molecule has 110 valence electrons. The van der Waals surface area contributed by atoms with Crippen molar-refractivity contribution in [3.63, 3.8) is 0 Å². The fraction of sp³-hybridized carbons (Fsp3) is 0.154. The highest BCUT2D eigenvalue weighted by molar-refractivity contribution is 6.34. The van der Waals surface area contributed by atoms with Crippen LogP contribution in [0.15, 0.2) is 30.0 Å². The van der Waals surface area contributed by atoms with E-state index in [2.05, 4.69) is 5.32 Å². The molecule has 21 heavy (non-hydrogen) atoms. The molecule has 1 heterocycles. The van der Waals surface area contributed by atoms with Gasteiger partial charge in [-0.2, -0.15) is 0 Å². The highest BCUT2D eigenvalue weighted by atomic mass is 35.5. The molecule has 0 unspecified atom stereocenters. The van der Waals surface area contributed by atoms with Gasteiger partial charge in [0.2, 0.25) is 5.91 Å². The Balaban J connectivity index is 2.18. The van der Waals surface area contributed by atoms with Crippen LogP contribution in [0.2, 0.25) is 5.02 Å². The Morgan fingerprint density at radius 3 is 2.67 bits per heavy atom. The smallest absolute Gasteiger partial charge is 0.277 e. The van der Waals surface area contributed by atoms with E-state index in [9.17, 15) is 14.4 Å². The van der Waals surface area contributed by atoms with Crippen LogP contribution in [0.3, 0.4) is 0 Å². The monoisotopic (exact) mass is 309 g/mol. The predicted molar refractivity (Wildman–Crippen MR) is 75.5 cm³/mol. The lowest BCUT2D eigenvalue weighted by molar-refractivity contribution is -0.137. The van der Waals surface area contributed by atoms with Gasteiger partial charge in [0.15, 0.2) is 0 Å². The van der Waals surface area contributed by atoms with E-state index in [0.717, 1.165) is 11.0 Å². The number of amides is 3. The van der Waals surface area contributed by atoms with E-state index < -0.39 is 17.7 Å². The maximum absolute atomic E-state index is 11.9. The number of nitrogens with zero attached hydrogens (tertiary/aromatic N) is 1. The summed E-state index contributed by atoms with van der Waals surface area (Å²) in [7, 11) is 0. The standard InChI is InChI=1S/C13H12ClN3O4/c14-9-5-7(1-2-8(9)12(15)20)16-10-6-11(19)17(3-4-18)13(10)21/h1-2,5-6,16,18H,3-4H2,(H2,15,20). The number of primary amides is 1. The van der Waals surface area contributed by atoms with Crippen LogP contribution in [0.1, 0.15) is 10.4 Å². The van der Waals surface area contributed by atoms with Gasteiger partial charge in [0.1, 0.15) is 5.70 Å². The third-order valence-corrected chi connectivity index (χ3v) is 3.16. The lowest BCUT2D eigenvalue weighted by atomic mass is 10.2. The molecule has 1 aromatic carbocycles. The van der Waals surface area contributed by atoms with Crippen molar-refractivity contribution >= 4 is 35.0 Å². The number of benzene rings is 1. The fourth-order valence-electron chi connectivity index (χ4n) is 1.86. The summed E-state index contributed by atoms with van der Waals surface area (Å²) in [5, 5.41) is 11.7. The molecule has 0 fully saturated rings. The summed E-state index contributed by atoms with van der Waals surface area (Å²) in [6.07, 6.45) is 1.13. The molecule has 0 radical (unpaired) electrons. The largest absolute Gasteiger partial charge is 0.395 e. The van der Waals surface area contributed by atoms with Gasteiger partial charge in [-0.3, -0.25) is 19.3 Å². The summed E-state index contributed by atoms with van der Waals surface area (Å²) in [5.41, 5.74) is 5.79. The molecule has 3 amide bonds. The van der Waals surface area contributed by atoms with Gasteiger partial charge in [-0.15, -0.1) is 0 Å². The molecule has 0 bridgehead atoms. The van der Waals surface area contributed by atoms with E-state index in [1.165, 1.54) is 18.2 Å². The molecule has 0 saturated carbocycles. The first-order chi connectivity index (χ1) is 9.93. The van der Waals surface area contributed by atoms with E-state index in [-0.39, 0.29) is 29.4 Å². The van der Waals surface area contributed by atoms with Gasteiger partial charge in [-0.05, 0) is 18.2 Å². The topological polar surface area (TPSA) is 113 Å². The molecular formula is C13H12ClN3O4. The number of nitrogens with two attached hydrogens (primary N) is 1. The minimum Gasteiger partial charge on any atom is -0.395 e. The molecule has 2 rings (SSSR count). The van der Waals surface area contributed by atoms with Crippen LogP contribution in [0.25, 0.3) is 0 Å². The number of imide groups is 1. The van der Waals surface area contributed by atoms with Gasteiger partial charge >= 0.3 is 0 Å². The fourth-order valence-corrected chi connectivity index (χ4v) is 2.13. The summed E-state index contributed by atoms with van der Waals surface area (Å²) in [5.74, 6) is -1.70. The number of halogens is 1. The summed E-state index contributed by atoms with van der Waals surface area (Å²) < 4.78 is 0. The van der Waals surface area contributed by atoms with Crippen molar-refractivity contribution in [3.8, 4) is 0 Å². The predicted octanol–water partition coefficient (Wildman–Crippen LogP) is 0.0958. The van der Waals surface area contributed by atoms with E-state index >= 15 is 0 Å². The Hall–Kier alpha value is -2.38. The Kier molecular flexibility index (Phi) is 4.25. The van der Waals surface area contributed by atoms with Gasteiger partial charge < -0.3 is 16.2 Å². The minimum absolute atomic E-state index is 0.0661. The average molecular weight is 310 g/mol. The van der Waals surface area contributed by atoms with Gasteiger partial charge in [0.25, 0.3) is 11.8 Å². The SMILES string of the molecule is NC(=O)c1ccc(NC2=CC(=O)N(CCO)C2=O)cc1Cl. The Morgan fingerprint density at radius 1 is 1.38 bits per heavy atom. The zero-order valence-electron chi connectivity index (χ0n) is 10.8. The molecule has 7 nitrogen and oxygen atoms in total. The maximum atomic E-state index is 11.9. The van der Waals surface area contributed by atoms with Crippen molar-refractivity contribution in [2.75, 3.05) is 18.5 Å². The molecule has 0 spiro atoms. The molecule has 0 saturated heterocycles. The first-order valence-electron chi connectivity index (χ1n) is 5.99. The zero-order valence-corrected chi connectivity index (χ0v) is 11.6. The number of hydrogen-bond acceptors (Lipinski definition) is 5. The van der Waals surface area contributed by atoms with Crippen molar-refractivity contribution in [2.45, 2.75) is 0 Å². The number of carbonyl (C=O) groups is 3. The second-order valence-corrected chi connectivity index (χ2v) is 4.67. The van der Waals surface area contributed by atoms with Crippen molar-refractivity contribution in [3.05, 3.63) is 40.6 Å². The maximum Gasteiger partial charge on any atom is 0.277 e. The summed E-state index contributed by atoms with van der Waals surface area (Å²) >= 11 is 5.90. The Morgan fingerprint density at radius 2 is 2.10 bits per heavy atom. The van der Waals surface area contributed by atoms with E-state index in [1.807, 2.05) is 0 Å². The van der Waals surface area contributed by atoms with Crippen LogP contribution in [0.5, 0.6) is 0 Å². The zero-order chi connectivity index (χ0) is 15.6. The van der Waals surface area contributed by atoms with Gasteiger partial charge in [-0.25, -0.2) is 0 Å². The highest BCUT2D eigenvalue weighted by Gasteiger charge is 2.30. The molecule has 1 aliphatic heterocycles. The van der Waals surface area contributed by atoms with Gasteiger partial charge in [0.05, 0.1) is 23.7 Å². The van der Waals surface area contributed by atoms with Crippen LogP contribution >= 0.6 is 11.6 Å². The van der Waals surface area contributed by atoms with Crippen molar-refractivity contribution in [1.29, 1.82) is 0 Å². The third-order valence-electron chi connectivity index (χ3n) is 2.85. The molecule has 4 N–H and O–H groups in total. The summed E-state index contributed by atoms with van der Waals surface area (Å²) in [4.78, 5) is 35.5. The van der Waals surface area contributed by atoms with Crippen LogP contribution in [0.4, 0.5) is 5.69 Å². The van der Waals surface area contributed by atoms with Crippen molar-refractivity contribution in [2.24, 2.45) is 5.73 Å². The van der Waals surface area contributed by atoms with E-state index in [1.54, 1.807) is 0 Å². The van der Waals surface area contributed by atoms with Gasteiger partial charge in [-0.1, -0.05) is 11.6 Å². The number of anilines is 1. The highest BCUT2D eigenvalue weighted by Crippen LogP contribution is 2.23. The first kappa shape index (κ1) is 15.0. The molecule has 1 aliphatic rings. The number of β-amino-alcohol motifs (C(OH)–C–C–N with tert-alkyl or cyclic N) is 1. The number of hydrogen-bond donors (Lipinski definition) is 3. The average Bonchev–Trinajstić information content (AvgIpc) is 2.66. The van der Waals surface area contributed by atoms with Crippen LogP contribution in [0, 0.1) is 0 Å².